The van der Waals surface area contributed by atoms with E-state index in [1.165, 1.54) is 6.08 Å². The Kier molecular flexibility index (Phi) is 5.81. The van der Waals surface area contributed by atoms with Gasteiger partial charge in [0.15, 0.2) is 11.5 Å². The molecule has 30 heavy (non-hydrogen) atoms. The molecular formula is C23H23N3O3S. The molecule has 1 N–H and O–H groups in total. The van der Waals surface area contributed by atoms with E-state index >= 15 is 0 Å². The highest BCUT2D eigenvalue weighted by Gasteiger charge is 2.24. The minimum Gasteiger partial charge on any atom is -0.493 e. The molecule has 0 aliphatic carbocycles. The molecule has 0 bridgehead atoms. The molecular weight excluding hydrogens is 398 g/mol. The van der Waals surface area contributed by atoms with Crippen LogP contribution in [0.2, 0.25) is 0 Å². The molecule has 1 aliphatic rings. The van der Waals surface area contributed by atoms with Crippen LogP contribution in [-0.2, 0) is 16.3 Å². The van der Waals surface area contributed by atoms with Crippen LogP contribution >= 0.6 is 11.8 Å². The van der Waals surface area contributed by atoms with Gasteiger partial charge in [0.1, 0.15) is 5.82 Å². The molecule has 7 heteroatoms. The summed E-state index contributed by atoms with van der Waals surface area (Å²) in [5, 5.41) is 7.80. The number of hydrogen-bond acceptors (Lipinski definition) is 5. The summed E-state index contributed by atoms with van der Waals surface area (Å²) in [4.78, 5) is 12.7. The fourth-order valence-corrected chi connectivity index (χ4v) is 4.44. The number of anilines is 1. The molecule has 6 nitrogen and oxygen atoms in total. The number of fused-ring (bicyclic) bond motifs is 1. The van der Waals surface area contributed by atoms with Crippen molar-refractivity contribution in [2.24, 2.45) is 0 Å². The molecule has 0 unspecified atom stereocenters. The summed E-state index contributed by atoms with van der Waals surface area (Å²) in [6, 6.07) is 13.5. The second-order valence-corrected chi connectivity index (χ2v) is 7.89. The van der Waals surface area contributed by atoms with Crippen molar-refractivity contribution >= 4 is 29.6 Å². The van der Waals surface area contributed by atoms with Gasteiger partial charge >= 0.3 is 0 Å². The van der Waals surface area contributed by atoms with Crippen LogP contribution in [-0.4, -0.2) is 29.9 Å². The number of ether oxygens (including phenoxy) is 2. The van der Waals surface area contributed by atoms with E-state index in [1.807, 2.05) is 54.1 Å². The largest absolute Gasteiger partial charge is 0.493 e. The molecule has 1 amide bonds. The number of aryl methyl sites for hydroxylation is 1. The summed E-state index contributed by atoms with van der Waals surface area (Å²) in [5.74, 6) is 3.50. The molecule has 0 radical (unpaired) electrons. The second-order valence-electron chi connectivity index (χ2n) is 6.90. The van der Waals surface area contributed by atoms with Crippen molar-refractivity contribution in [1.82, 2.24) is 9.78 Å². The summed E-state index contributed by atoms with van der Waals surface area (Å²) in [6.45, 7) is 2.04. The Bertz CT molecular complexity index is 1120. The standard InChI is InChI=1S/C23H23N3O3S/c1-15-6-4-5-7-19(15)26-23(17-13-30-14-18(17)25-26)24-22(27)11-9-16-8-10-20(28-2)21(12-16)29-3/h4-12H,13-14H2,1-3H3,(H,24,27). The smallest absolute Gasteiger partial charge is 0.249 e. The Morgan fingerprint density at radius 3 is 2.70 bits per heavy atom. The number of carbonyl (C=O) groups excluding carboxylic acids is 1. The second kappa shape index (κ2) is 8.67. The average molecular weight is 422 g/mol. The zero-order chi connectivity index (χ0) is 21.1. The lowest BCUT2D eigenvalue weighted by molar-refractivity contribution is -0.111. The van der Waals surface area contributed by atoms with Gasteiger partial charge in [0.2, 0.25) is 5.91 Å². The lowest BCUT2D eigenvalue weighted by Gasteiger charge is -2.12. The normalized spacial score (nSPS) is 12.8. The predicted octanol–water partition coefficient (Wildman–Crippen LogP) is 4.60. The SMILES string of the molecule is COc1ccc(C=CC(=O)Nc2c3c(nn2-c2ccccc2C)CSC3)cc1OC. The zero-order valence-electron chi connectivity index (χ0n) is 17.1. The van der Waals surface area contributed by atoms with Crippen molar-refractivity contribution in [2.45, 2.75) is 18.4 Å². The van der Waals surface area contributed by atoms with E-state index in [0.29, 0.717) is 11.5 Å². The summed E-state index contributed by atoms with van der Waals surface area (Å²) in [5.41, 5.74) is 5.04. The Balaban J connectivity index is 1.60. The lowest BCUT2D eigenvalue weighted by Crippen LogP contribution is -2.14. The van der Waals surface area contributed by atoms with Crippen molar-refractivity contribution in [3.63, 3.8) is 0 Å². The molecule has 0 fully saturated rings. The molecule has 4 rings (SSSR count). The first-order valence-corrected chi connectivity index (χ1v) is 10.7. The van der Waals surface area contributed by atoms with Gasteiger partial charge in [-0.2, -0.15) is 16.9 Å². The number of para-hydroxylation sites is 1. The molecule has 154 valence electrons. The van der Waals surface area contributed by atoms with Gasteiger partial charge in [-0.15, -0.1) is 0 Å². The number of nitrogens with one attached hydrogen (secondary N) is 1. The summed E-state index contributed by atoms with van der Waals surface area (Å²) in [6.07, 6.45) is 3.27. The van der Waals surface area contributed by atoms with E-state index in [2.05, 4.69) is 5.32 Å². The van der Waals surface area contributed by atoms with E-state index in [9.17, 15) is 4.79 Å². The first-order chi connectivity index (χ1) is 14.6. The number of benzene rings is 2. The number of thioether (sulfide) groups is 1. The fraction of sp³-hybridized carbons (Fsp3) is 0.217. The predicted molar refractivity (Wildman–Crippen MR) is 121 cm³/mol. The molecule has 0 spiro atoms. The molecule has 1 aliphatic heterocycles. The van der Waals surface area contributed by atoms with Gasteiger partial charge in [0.05, 0.1) is 25.6 Å². The van der Waals surface area contributed by atoms with Crippen LogP contribution < -0.4 is 14.8 Å². The van der Waals surface area contributed by atoms with Crippen molar-refractivity contribution in [2.75, 3.05) is 19.5 Å². The summed E-state index contributed by atoms with van der Waals surface area (Å²) in [7, 11) is 3.18. The van der Waals surface area contributed by atoms with Gasteiger partial charge in [-0.3, -0.25) is 4.79 Å². The molecule has 2 heterocycles. The highest BCUT2D eigenvalue weighted by Crippen LogP contribution is 2.36. The maximum atomic E-state index is 12.7. The third-order valence-corrected chi connectivity index (χ3v) is 5.94. The van der Waals surface area contributed by atoms with E-state index in [-0.39, 0.29) is 5.91 Å². The number of nitrogens with zero attached hydrogens (tertiary/aromatic N) is 2. The first kappa shape index (κ1) is 20.1. The Hall–Kier alpha value is -3.19. The van der Waals surface area contributed by atoms with Gasteiger partial charge in [0, 0.05) is 23.1 Å². The fourth-order valence-electron chi connectivity index (χ4n) is 3.40. The van der Waals surface area contributed by atoms with E-state index in [1.54, 1.807) is 32.1 Å². The number of hydrogen-bond donors (Lipinski definition) is 1. The average Bonchev–Trinajstić information content (AvgIpc) is 3.35. The number of amides is 1. The zero-order valence-corrected chi connectivity index (χ0v) is 18.0. The maximum Gasteiger partial charge on any atom is 0.249 e. The Labute approximate surface area is 179 Å². The van der Waals surface area contributed by atoms with E-state index in [4.69, 9.17) is 14.6 Å². The first-order valence-electron chi connectivity index (χ1n) is 9.56. The number of methoxy groups -OCH3 is 2. The Morgan fingerprint density at radius 1 is 1.13 bits per heavy atom. The quantitative estimate of drug-likeness (QED) is 0.590. The van der Waals surface area contributed by atoms with Crippen LogP contribution in [0.1, 0.15) is 22.4 Å². The highest BCUT2D eigenvalue weighted by atomic mass is 32.2. The number of aromatic nitrogens is 2. The minimum atomic E-state index is -0.209. The van der Waals surface area contributed by atoms with Gasteiger partial charge < -0.3 is 14.8 Å². The van der Waals surface area contributed by atoms with E-state index in [0.717, 1.165) is 45.4 Å². The summed E-state index contributed by atoms with van der Waals surface area (Å²) >= 11 is 1.81. The third-order valence-electron chi connectivity index (χ3n) is 4.97. The van der Waals surface area contributed by atoms with Gasteiger partial charge in [0.25, 0.3) is 0 Å². The van der Waals surface area contributed by atoms with Gasteiger partial charge in [-0.05, 0) is 42.3 Å². The summed E-state index contributed by atoms with van der Waals surface area (Å²) < 4.78 is 12.4. The van der Waals surface area contributed by atoms with E-state index < -0.39 is 0 Å². The third kappa shape index (κ3) is 3.93. The molecule has 1 aromatic heterocycles. The van der Waals surface area contributed by atoms with Crippen LogP contribution in [0, 0.1) is 6.92 Å². The number of rotatable bonds is 6. The van der Waals surface area contributed by atoms with Gasteiger partial charge in [-0.1, -0.05) is 24.3 Å². The molecule has 0 saturated heterocycles. The van der Waals surface area contributed by atoms with Gasteiger partial charge in [-0.25, -0.2) is 4.68 Å². The topological polar surface area (TPSA) is 65.4 Å². The van der Waals surface area contributed by atoms with Crippen LogP contribution in [0.4, 0.5) is 5.82 Å². The lowest BCUT2D eigenvalue weighted by atomic mass is 10.2. The highest BCUT2D eigenvalue weighted by molar-refractivity contribution is 7.98. The molecule has 0 saturated carbocycles. The maximum absolute atomic E-state index is 12.7. The minimum absolute atomic E-state index is 0.209. The van der Waals surface area contributed by atoms with Crippen molar-refractivity contribution < 1.29 is 14.3 Å². The van der Waals surface area contributed by atoms with Crippen LogP contribution in [0.25, 0.3) is 11.8 Å². The Morgan fingerprint density at radius 2 is 1.93 bits per heavy atom. The monoisotopic (exact) mass is 421 g/mol. The van der Waals surface area contributed by atoms with Crippen LogP contribution in [0.3, 0.4) is 0 Å². The van der Waals surface area contributed by atoms with Crippen molar-refractivity contribution in [3.05, 3.63) is 70.9 Å². The van der Waals surface area contributed by atoms with Crippen LogP contribution in [0.15, 0.2) is 48.5 Å². The molecule has 2 aromatic carbocycles. The number of carbonyl (C=O) groups is 1. The van der Waals surface area contributed by atoms with Crippen molar-refractivity contribution in [3.8, 4) is 17.2 Å². The molecule has 3 aromatic rings. The van der Waals surface area contributed by atoms with Crippen molar-refractivity contribution in [1.29, 1.82) is 0 Å². The molecule has 0 atom stereocenters. The van der Waals surface area contributed by atoms with Crippen LogP contribution in [0.5, 0.6) is 11.5 Å².